The minimum absolute atomic E-state index is 0.174. The van der Waals surface area contributed by atoms with Crippen LogP contribution in [0.3, 0.4) is 0 Å². The number of rotatable bonds is 7. The molecule has 5 rings (SSSR count). The highest BCUT2D eigenvalue weighted by atomic mass is 32.2. The molecule has 4 aromatic rings. The van der Waals surface area contributed by atoms with E-state index >= 15 is 0 Å². The third-order valence-corrected chi connectivity index (χ3v) is 8.53. The first-order valence-electron chi connectivity index (χ1n) is 12.6. The van der Waals surface area contributed by atoms with Gasteiger partial charge in [0.1, 0.15) is 18.0 Å². The van der Waals surface area contributed by atoms with Gasteiger partial charge in [-0.2, -0.15) is 20.7 Å². The molecule has 3 aromatic heterocycles. The fraction of sp³-hybridized carbons (Fsp3) is 0.357. The van der Waals surface area contributed by atoms with Crippen LogP contribution in [0, 0.1) is 35.4 Å². The number of halogens is 1. The van der Waals surface area contributed by atoms with Crippen LogP contribution < -0.4 is 0 Å². The van der Waals surface area contributed by atoms with Gasteiger partial charge >= 0.3 is 0 Å². The number of aromatic nitrogens is 4. The number of benzene rings is 1. The van der Waals surface area contributed by atoms with Crippen molar-refractivity contribution >= 4 is 17.3 Å². The number of aliphatic hydroxyl groups excluding tert-OH is 1. The fourth-order valence-electron chi connectivity index (χ4n) is 5.35. The molecule has 3 heterocycles. The van der Waals surface area contributed by atoms with E-state index in [0.717, 1.165) is 47.4 Å². The second-order valence-corrected chi connectivity index (χ2v) is 10.7. The first-order chi connectivity index (χ1) is 18.4. The number of aliphatic hydroxyl groups is 1. The lowest BCUT2D eigenvalue weighted by Gasteiger charge is -2.34. The quantitative estimate of drug-likeness (QED) is 0.361. The van der Waals surface area contributed by atoms with Crippen LogP contribution in [-0.2, 0) is 0 Å². The molecule has 194 valence electrons. The Morgan fingerprint density at radius 3 is 2.55 bits per heavy atom. The molecule has 0 radical (unpaired) electrons. The predicted octanol–water partition coefficient (Wildman–Crippen LogP) is 4.95. The molecule has 0 atom stereocenters. The number of hydrogen-bond donors (Lipinski definition) is 1. The lowest BCUT2D eigenvalue weighted by molar-refractivity contribution is 0.134. The van der Waals surface area contributed by atoms with Crippen LogP contribution in [0.25, 0.3) is 16.6 Å². The Morgan fingerprint density at radius 2 is 1.84 bits per heavy atom. The molecular weight excluding hydrogens is 501 g/mol. The molecule has 38 heavy (non-hydrogen) atoms. The van der Waals surface area contributed by atoms with E-state index in [1.165, 1.54) is 30.1 Å². The number of nitriles is 2. The summed E-state index contributed by atoms with van der Waals surface area (Å²) in [5, 5.41) is 37.6. The van der Waals surface area contributed by atoms with Crippen molar-refractivity contribution in [1.82, 2.24) is 24.3 Å². The van der Waals surface area contributed by atoms with Crippen LogP contribution in [0.4, 0.5) is 4.39 Å². The van der Waals surface area contributed by atoms with Crippen molar-refractivity contribution in [1.29, 1.82) is 10.5 Å². The number of likely N-dealkylation sites (N-methyl/N-ethyl adjacent to an activating group) is 1. The van der Waals surface area contributed by atoms with Gasteiger partial charge in [-0.1, -0.05) is 11.8 Å². The number of pyridine rings is 1. The lowest BCUT2D eigenvalue weighted by Crippen LogP contribution is -2.37. The molecule has 1 aliphatic rings. The standard InChI is InChI=1S/C28H28FN7OS/c1-18-25(16-33-36(18)24-6-4-23(5-7-24)34(2)9-10-37)20-12-27(28-21(14-31)15-32-35(28)17-20)38-26-8-3-22(29)11-19(26)13-30/h3,8,11-12,15-17,23-24,37H,4-7,9-10H2,1-2H3/t23-,24-. The minimum Gasteiger partial charge on any atom is -0.395 e. The van der Waals surface area contributed by atoms with Gasteiger partial charge in [-0.25, -0.2) is 8.91 Å². The molecule has 8 nitrogen and oxygen atoms in total. The van der Waals surface area contributed by atoms with Gasteiger partial charge in [0.15, 0.2) is 0 Å². The van der Waals surface area contributed by atoms with Crippen molar-refractivity contribution in [3.8, 4) is 23.3 Å². The summed E-state index contributed by atoms with van der Waals surface area (Å²) in [6, 6.07) is 11.2. The highest BCUT2D eigenvalue weighted by Crippen LogP contribution is 2.39. The van der Waals surface area contributed by atoms with Gasteiger partial charge in [-0.3, -0.25) is 4.68 Å². The maximum absolute atomic E-state index is 13.7. The molecule has 0 spiro atoms. The van der Waals surface area contributed by atoms with Gasteiger partial charge in [-0.15, -0.1) is 0 Å². The van der Waals surface area contributed by atoms with E-state index in [1.54, 1.807) is 10.6 Å². The van der Waals surface area contributed by atoms with Crippen molar-refractivity contribution in [3.63, 3.8) is 0 Å². The Hall–Kier alpha value is -3.70. The van der Waals surface area contributed by atoms with Crippen LogP contribution in [-0.4, -0.2) is 55.6 Å². The van der Waals surface area contributed by atoms with Crippen LogP contribution in [0.2, 0.25) is 0 Å². The molecule has 1 aromatic carbocycles. The Balaban J connectivity index is 1.48. The van der Waals surface area contributed by atoms with Gasteiger partial charge in [0.05, 0.1) is 41.7 Å². The molecule has 1 saturated carbocycles. The Bertz CT molecular complexity index is 1560. The number of hydrogen-bond acceptors (Lipinski definition) is 7. The monoisotopic (exact) mass is 529 g/mol. The van der Waals surface area contributed by atoms with E-state index in [2.05, 4.69) is 40.8 Å². The van der Waals surface area contributed by atoms with E-state index in [-0.39, 0.29) is 12.2 Å². The zero-order valence-corrected chi connectivity index (χ0v) is 22.1. The number of fused-ring (bicyclic) bond motifs is 1. The van der Waals surface area contributed by atoms with Crippen molar-refractivity contribution in [2.45, 2.75) is 54.5 Å². The Morgan fingerprint density at radius 1 is 1.08 bits per heavy atom. The SMILES string of the molecule is Cc1c(-c2cc(Sc3ccc(F)cc3C#N)c3c(C#N)cnn3c2)cnn1[C@H]1CC[C@H](N(C)CCO)CC1. The first kappa shape index (κ1) is 25.9. The summed E-state index contributed by atoms with van der Waals surface area (Å²) >= 11 is 1.32. The normalized spacial score (nSPS) is 17.6. The smallest absolute Gasteiger partial charge is 0.124 e. The second kappa shape index (κ2) is 11.0. The summed E-state index contributed by atoms with van der Waals surface area (Å²) < 4.78 is 17.5. The Kier molecular flexibility index (Phi) is 7.48. The van der Waals surface area contributed by atoms with Crippen LogP contribution in [0.1, 0.15) is 48.5 Å². The van der Waals surface area contributed by atoms with Crippen LogP contribution in [0.15, 0.2) is 52.6 Å². The van der Waals surface area contributed by atoms with Gasteiger partial charge in [-0.05, 0) is 63.9 Å². The minimum atomic E-state index is -0.469. The molecule has 0 aliphatic heterocycles. The zero-order chi connectivity index (χ0) is 26.8. The number of nitrogens with zero attached hydrogens (tertiary/aromatic N) is 7. The van der Waals surface area contributed by atoms with Gasteiger partial charge in [0.2, 0.25) is 0 Å². The first-order valence-corrected chi connectivity index (χ1v) is 13.4. The summed E-state index contributed by atoms with van der Waals surface area (Å²) in [7, 11) is 2.07. The van der Waals surface area contributed by atoms with Crippen molar-refractivity contribution in [2.24, 2.45) is 0 Å². The molecule has 0 saturated heterocycles. The second-order valence-electron chi connectivity index (χ2n) is 9.67. The highest BCUT2D eigenvalue weighted by molar-refractivity contribution is 7.99. The van der Waals surface area contributed by atoms with Crippen molar-refractivity contribution in [2.75, 3.05) is 20.2 Å². The van der Waals surface area contributed by atoms with Gasteiger partial charge < -0.3 is 10.0 Å². The fourth-order valence-corrected chi connectivity index (χ4v) is 6.42. The van der Waals surface area contributed by atoms with E-state index in [4.69, 9.17) is 5.10 Å². The summed E-state index contributed by atoms with van der Waals surface area (Å²) in [6.07, 6.45) is 9.47. The summed E-state index contributed by atoms with van der Waals surface area (Å²) in [4.78, 5) is 3.59. The summed E-state index contributed by atoms with van der Waals surface area (Å²) in [5.74, 6) is -0.469. The summed E-state index contributed by atoms with van der Waals surface area (Å²) in [5.41, 5.74) is 4.23. The van der Waals surface area contributed by atoms with Crippen molar-refractivity contribution in [3.05, 3.63) is 65.5 Å². The molecule has 1 N–H and O–H groups in total. The topological polar surface area (TPSA) is 106 Å². The van der Waals surface area contributed by atoms with Crippen LogP contribution in [0.5, 0.6) is 0 Å². The Labute approximate surface area is 224 Å². The van der Waals surface area contributed by atoms with E-state index in [0.29, 0.717) is 34.6 Å². The van der Waals surface area contributed by atoms with Gasteiger partial charge in [0, 0.05) is 45.4 Å². The van der Waals surface area contributed by atoms with Crippen LogP contribution >= 0.6 is 11.8 Å². The highest BCUT2D eigenvalue weighted by Gasteiger charge is 2.27. The molecular formula is C28H28FN7OS. The molecule has 0 amide bonds. The average Bonchev–Trinajstić information content (AvgIpc) is 3.53. The molecule has 0 bridgehead atoms. The molecule has 1 aliphatic carbocycles. The largest absolute Gasteiger partial charge is 0.395 e. The summed E-state index contributed by atoms with van der Waals surface area (Å²) in [6.45, 7) is 2.94. The third kappa shape index (κ3) is 4.91. The maximum Gasteiger partial charge on any atom is 0.124 e. The lowest BCUT2D eigenvalue weighted by atomic mass is 9.90. The molecule has 10 heteroatoms. The third-order valence-electron chi connectivity index (χ3n) is 7.42. The predicted molar refractivity (Wildman–Crippen MR) is 142 cm³/mol. The molecule has 0 unspecified atom stereocenters. The van der Waals surface area contributed by atoms with E-state index < -0.39 is 5.82 Å². The zero-order valence-electron chi connectivity index (χ0n) is 21.3. The van der Waals surface area contributed by atoms with E-state index in [1.807, 2.05) is 18.5 Å². The van der Waals surface area contributed by atoms with Gasteiger partial charge in [0.25, 0.3) is 0 Å². The average molecular weight is 530 g/mol. The maximum atomic E-state index is 13.7. The van der Waals surface area contributed by atoms with E-state index in [9.17, 15) is 20.0 Å². The van der Waals surface area contributed by atoms with Crippen molar-refractivity contribution < 1.29 is 9.50 Å². The molecule has 1 fully saturated rings.